The van der Waals surface area contributed by atoms with E-state index in [0.29, 0.717) is 22.4 Å². The summed E-state index contributed by atoms with van der Waals surface area (Å²) in [6.07, 6.45) is -4.52. The lowest BCUT2D eigenvalue weighted by Crippen LogP contribution is -2.23. The number of alkyl halides is 3. The van der Waals surface area contributed by atoms with Crippen molar-refractivity contribution in [1.29, 1.82) is 0 Å². The minimum absolute atomic E-state index is 0.0251. The summed E-state index contributed by atoms with van der Waals surface area (Å²) in [5.41, 5.74) is 6.71. The molecule has 9 heteroatoms. The van der Waals surface area contributed by atoms with Crippen molar-refractivity contribution in [3.8, 4) is 11.5 Å². The van der Waals surface area contributed by atoms with Crippen molar-refractivity contribution in [3.63, 3.8) is 0 Å². The van der Waals surface area contributed by atoms with E-state index in [0.717, 1.165) is 0 Å². The van der Waals surface area contributed by atoms with Gasteiger partial charge < -0.3 is 20.5 Å². The number of nitrogen functional groups attached to an aromatic ring is 1. The molecule has 1 unspecified atom stereocenters. The Hall–Kier alpha value is -3.23. The SMILES string of the molecule is COc1cc2nc(NCCC(c3ccccc3)C(F)(F)F)nc(N)c2cc1OC. The monoisotopic (exact) mass is 406 g/mol. The molecule has 1 heterocycles. The van der Waals surface area contributed by atoms with Crippen molar-refractivity contribution < 1.29 is 22.6 Å². The van der Waals surface area contributed by atoms with Gasteiger partial charge in [-0.3, -0.25) is 0 Å². The van der Waals surface area contributed by atoms with Crippen molar-refractivity contribution in [1.82, 2.24) is 9.97 Å². The third-order valence-electron chi connectivity index (χ3n) is 4.54. The summed E-state index contributed by atoms with van der Waals surface area (Å²) in [5, 5.41) is 3.40. The number of nitrogens with zero attached hydrogens (tertiary/aromatic N) is 2. The van der Waals surface area contributed by atoms with E-state index >= 15 is 0 Å². The van der Waals surface area contributed by atoms with Gasteiger partial charge in [-0.2, -0.15) is 18.2 Å². The largest absolute Gasteiger partial charge is 0.493 e. The number of anilines is 2. The van der Waals surface area contributed by atoms with Gasteiger partial charge in [-0.15, -0.1) is 0 Å². The van der Waals surface area contributed by atoms with E-state index in [1.807, 2.05) is 0 Å². The molecule has 0 fully saturated rings. The number of rotatable bonds is 7. The molecule has 0 bridgehead atoms. The predicted molar refractivity (Wildman–Crippen MR) is 105 cm³/mol. The molecule has 29 heavy (non-hydrogen) atoms. The molecule has 2 aromatic carbocycles. The van der Waals surface area contributed by atoms with Crippen molar-refractivity contribution in [2.45, 2.75) is 18.5 Å². The van der Waals surface area contributed by atoms with Crippen LogP contribution in [0.3, 0.4) is 0 Å². The molecule has 1 atom stereocenters. The molecule has 0 aliphatic rings. The Kier molecular flexibility index (Phi) is 5.95. The number of fused-ring (bicyclic) bond motifs is 1. The van der Waals surface area contributed by atoms with E-state index in [-0.39, 0.29) is 30.3 Å². The third kappa shape index (κ3) is 4.61. The topological polar surface area (TPSA) is 82.3 Å². The van der Waals surface area contributed by atoms with Crippen LogP contribution >= 0.6 is 0 Å². The lowest BCUT2D eigenvalue weighted by Gasteiger charge is -2.21. The van der Waals surface area contributed by atoms with Gasteiger partial charge in [0.1, 0.15) is 5.82 Å². The zero-order valence-electron chi connectivity index (χ0n) is 16.0. The van der Waals surface area contributed by atoms with Crippen LogP contribution in [0.4, 0.5) is 24.9 Å². The Morgan fingerprint density at radius 2 is 1.69 bits per heavy atom. The highest BCUT2D eigenvalue weighted by Gasteiger charge is 2.40. The van der Waals surface area contributed by atoms with Gasteiger partial charge in [0.15, 0.2) is 11.5 Å². The molecular weight excluding hydrogens is 385 g/mol. The predicted octanol–water partition coefficient (Wildman–Crippen LogP) is 4.38. The first-order valence-electron chi connectivity index (χ1n) is 8.88. The van der Waals surface area contributed by atoms with E-state index in [9.17, 15) is 13.2 Å². The molecule has 0 aliphatic heterocycles. The lowest BCUT2D eigenvalue weighted by molar-refractivity contribution is -0.151. The second-order valence-electron chi connectivity index (χ2n) is 6.38. The van der Waals surface area contributed by atoms with E-state index in [1.165, 1.54) is 26.4 Å². The van der Waals surface area contributed by atoms with Crippen LogP contribution in [0.2, 0.25) is 0 Å². The number of methoxy groups -OCH3 is 2. The maximum atomic E-state index is 13.5. The van der Waals surface area contributed by atoms with Crippen LogP contribution in [0.1, 0.15) is 17.9 Å². The van der Waals surface area contributed by atoms with Crippen LogP contribution in [0, 0.1) is 0 Å². The first-order valence-corrected chi connectivity index (χ1v) is 8.88. The maximum absolute atomic E-state index is 13.5. The van der Waals surface area contributed by atoms with Crippen molar-refractivity contribution in [2.75, 3.05) is 31.8 Å². The van der Waals surface area contributed by atoms with Gasteiger partial charge in [0, 0.05) is 18.0 Å². The minimum atomic E-state index is -4.35. The number of hydrogen-bond donors (Lipinski definition) is 2. The second kappa shape index (κ2) is 8.42. The molecule has 6 nitrogen and oxygen atoms in total. The van der Waals surface area contributed by atoms with Gasteiger partial charge in [0.2, 0.25) is 5.95 Å². The molecule has 154 valence electrons. The van der Waals surface area contributed by atoms with Crippen molar-refractivity contribution >= 4 is 22.7 Å². The van der Waals surface area contributed by atoms with Crippen LogP contribution in [0.25, 0.3) is 10.9 Å². The minimum Gasteiger partial charge on any atom is -0.493 e. The number of benzene rings is 2. The molecule has 0 saturated heterocycles. The summed E-state index contributed by atoms with van der Waals surface area (Å²) in [6, 6.07) is 11.1. The summed E-state index contributed by atoms with van der Waals surface area (Å²) < 4.78 is 50.8. The molecule has 1 aromatic heterocycles. The second-order valence-corrected chi connectivity index (χ2v) is 6.38. The normalized spacial score (nSPS) is 12.6. The van der Waals surface area contributed by atoms with E-state index in [1.54, 1.807) is 30.3 Å². The Morgan fingerprint density at radius 3 is 2.31 bits per heavy atom. The summed E-state index contributed by atoms with van der Waals surface area (Å²) in [7, 11) is 2.99. The fraction of sp³-hybridized carbons (Fsp3) is 0.300. The fourth-order valence-electron chi connectivity index (χ4n) is 3.09. The Morgan fingerprint density at radius 1 is 1.03 bits per heavy atom. The molecule has 0 saturated carbocycles. The first kappa shape index (κ1) is 20.5. The zero-order chi connectivity index (χ0) is 21.0. The molecular formula is C20H21F3N4O2. The highest BCUT2D eigenvalue weighted by atomic mass is 19.4. The van der Waals surface area contributed by atoms with Gasteiger partial charge in [-0.25, -0.2) is 4.98 Å². The lowest BCUT2D eigenvalue weighted by atomic mass is 9.95. The highest BCUT2D eigenvalue weighted by Crippen LogP contribution is 2.37. The molecule has 0 aliphatic carbocycles. The number of halogens is 3. The quantitative estimate of drug-likeness (QED) is 0.606. The van der Waals surface area contributed by atoms with Gasteiger partial charge in [-0.05, 0) is 18.1 Å². The van der Waals surface area contributed by atoms with E-state index < -0.39 is 12.1 Å². The van der Waals surface area contributed by atoms with E-state index in [4.69, 9.17) is 15.2 Å². The van der Waals surface area contributed by atoms with Gasteiger partial charge in [-0.1, -0.05) is 30.3 Å². The Balaban J connectivity index is 1.79. The van der Waals surface area contributed by atoms with Crippen LogP contribution in [-0.4, -0.2) is 36.9 Å². The van der Waals surface area contributed by atoms with E-state index in [2.05, 4.69) is 15.3 Å². The molecule has 3 aromatic rings. The number of nitrogens with two attached hydrogens (primary N) is 1. The molecule has 0 spiro atoms. The first-order chi connectivity index (χ1) is 13.8. The standard InChI is InChI=1S/C20H21F3N4O2/c1-28-16-10-13-15(11-17(16)29-2)26-19(27-18(13)24)25-9-8-14(20(21,22)23)12-6-4-3-5-7-12/h3-7,10-11,14H,8-9H2,1-2H3,(H3,24,25,26,27). The Labute approximate surface area is 165 Å². The molecule has 0 radical (unpaired) electrons. The zero-order valence-corrected chi connectivity index (χ0v) is 16.0. The average molecular weight is 406 g/mol. The fourth-order valence-corrected chi connectivity index (χ4v) is 3.09. The summed E-state index contributed by atoms with van der Waals surface area (Å²) in [5.74, 6) is -0.305. The smallest absolute Gasteiger partial charge is 0.395 e. The number of nitrogens with one attached hydrogen (secondary N) is 1. The van der Waals surface area contributed by atoms with Gasteiger partial charge >= 0.3 is 6.18 Å². The van der Waals surface area contributed by atoms with Crippen LogP contribution in [0.5, 0.6) is 11.5 Å². The molecule has 3 N–H and O–H groups in total. The van der Waals surface area contributed by atoms with Crippen LogP contribution in [-0.2, 0) is 0 Å². The molecule has 0 amide bonds. The highest BCUT2D eigenvalue weighted by molar-refractivity contribution is 5.91. The van der Waals surface area contributed by atoms with Gasteiger partial charge in [0.25, 0.3) is 0 Å². The van der Waals surface area contributed by atoms with Crippen LogP contribution < -0.4 is 20.5 Å². The summed E-state index contributed by atoms with van der Waals surface area (Å²) in [4.78, 5) is 8.47. The Bertz CT molecular complexity index is 981. The van der Waals surface area contributed by atoms with Crippen molar-refractivity contribution in [2.24, 2.45) is 0 Å². The maximum Gasteiger partial charge on any atom is 0.395 e. The average Bonchev–Trinajstić information content (AvgIpc) is 2.70. The third-order valence-corrected chi connectivity index (χ3v) is 4.54. The van der Waals surface area contributed by atoms with Crippen LogP contribution in [0.15, 0.2) is 42.5 Å². The number of ether oxygens (including phenoxy) is 2. The number of aromatic nitrogens is 2. The summed E-state index contributed by atoms with van der Waals surface area (Å²) >= 11 is 0. The molecule has 3 rings (SSSR count). The summed E-state index contributed by atoms with van der Waals surface area (Å²) in [6.45, 7) is 0.0251. The number of hydrogen-bond acceptors (Lipinski definition) is 6. The van der Waals surface area contributed by atoms with Crippen molar-refractivity contribution in [3.05, 3.63) is 48.0 Å². The van der Waals surface area contributed by atoms with Gasteiger partial charge in [0.05, 0.1) is 25.7 Å².